The van der Waals surface area contributed by atoms with Crippen molar-refractivity contribution in [2.24, 2.45) is 5.14 Å². The summed E-state index contributed by atoms with van der Waals surface area (Å²) in [5.41, 5.74) is 1.25. The number of rotatable bonds is 4. The van der Waals surface area contributed by atoms with E-state index in [9.17, 15) is 13.2 Å². The summed E-state index contributed by atoms with van der Waals surface area (Å²) in [5, 5.41) is 7.57. The molecule has 0 unspecified atom stereocenters. The minimum absolute atomic E-state index is 0.0398. The van der Waals surface area contributed by atoms with E-state index in [2.05, 4.69) is 5.32 Å². The first-order valence-corrected chi connectivity index (χ1v) is 6.94. The number of primary sulfonamides is 1. The lowest BCUT2D eigenvalue weighted by atomic mass is 10.1. The van der Waals surface area contributed by atoms with Gasteiger partial charge < -0.3 is 5.32 Å². The molecule has 0 saturated carbocycles. The SMILES string of the molecule is Cc1ccc(C(=O)NCCS(N)(=O)=O)c(Cl)c1. The number of nitrogens with two attached hydrogens (primary N) is 1. The maximum atomic E-state index is 11.6. The third kappa shape index (κ3) is 4.72. The lowest BCUT2D eigenvalue weighted by molar-refractivity contribution is 0.0956. The second-order valence-corrected chi connectivity index (χ2v) is 5.75. The van der Waals surface area contributed by atoms with Crippen molar-refractivity contribution >= 4 is 27.5 Å². The fraction of sp³-hybridized carbons (Fsp3) is 0.300. The smallest absolute Gasteiger partial charge is 0.252 e. The van der Waals surface area contributed by atoms with Crippen LogP contribution in [0.3, 0.4) is 0 Å². The highest BCUT2D eigenvalue weighted by molar-refractivity contribution is 7.89. The van der Waals surface area contributed by atoms with E-state index in [0.717, 1.165) is 5.56 Å². The van der Waals surface area contributed by atoms with Crippen LogP contribution in [-0.4, -0.2) is 26.6 Å². The summed E-state index contributed by atoms with van der Waals surface area (Å²) in [6, 6.07) is 5.00. The van der Waals surface area contributed by atoms with Gasteiger partial charge in [-0.1, -0.05) is 17.7 Å². The van der Waals surface area contributed by atoms with Gasteiger partial charge in [0.25, 0.3) is 5.91 Å². The molecule has 0 atom stereocenters. The van der Waals surface area contributed by atoms with E-state index in [1.807, 2.05) is 6.92 Å². The van der Waals surface area contributed by atoms with Crippen molar-refractivity contribution in [1.82, 2.24) is 5.32 Å². The van der Waals surface area contributed by atoms with Crippen LogP contribution in [0.25, 0.3) is 0 Å². The van der Waals surface area contributed by atoms with Crippen molar-refractivity contribution in [3.8, 4) is 0 Å². The molecule has 5 nitrogen and oxygen atoms in total. The van der Waals surface area contributed by atoms with Crippen LogP contribution in [0.2, 0.25) is 5.02 Å². The van der Waals surface area contributed by atoms with E-state index in [-0.39, 0.29) is 12.3 Å². The first kappa shape index (κ1) is 14.0. The second kappa shape index (κ2) is 5.48. The van der Waals surface area contributed by atoms with Gasteiger partial charge in [0.2, 0.25) is 10.0 Å². The average Bonchev–Trinajstić information content (AvgIpc) is 2.15. The van der Waals surface area contributed by atoms with Gasteiger partial charge in [0, 0.05) is 6.54 Å². The lowest BCUT2D eigenvalue weighted by Gasteiger charge is -2.06. The molecular formula is C10H13ClN2O3S. The molecule has 0 aliphatic heterocycles. The van der Waals surface area contributed by atoms with Crippen LogP contribution < -0.4 is 10.5 Å². The molecule has 0 fully saturated rings. The fourth-order valence-corrected chi connectivity index (χ4v) is 1.91. The molecule has 0 bridgehead atoms. The number of benzene rings is 1. The first-order valence-electron chi connectivity index (χ1n) is 4.84. The Labute approximate surface area is 105 Å². The van der Waals surface area contributed by atoms with Crippen LogP contribution in [0.5, 0.6) is 0 Å². The van der Waals surface area contributed by atoms with E-state index in [1.165, 1.54) is 0 Å². The number of carbonyl (C=O) groups is 1. The molecule has 94 valence electrons. The minimum atomic E-state index is -3.57. The highest BCUT2D eigenvalue weighted by Crippen LogP contribution is 2.17. The van der Waals surface area contributed by atoms with E-state index < -0.39 is 15.9 Å². The molecule has 17 heavy (non-hydrogen) atoms. The zero-order valence-corrected chi connectivity index (χ0v) is 10.8. The summed E-state index contributed by atoms with van der Waals surface area (Å²) < 4.78 is 21.3. The topological polar surface area (TPSA) is 89.3 Å². The molecule has 0 spiro atoms. The molecule has 7 heteroatoms. The lowest BCUT2D eigenvalue weighted by Crippen LogP contribution is -2.31. The van der Waals surface area contributed by atoms with Crippen molar-refractivity contribution in [2.45, 2.75) is 6.92 Å². The predicted molar refractivity (Wildman–Crippen MR) is 66.5 cm³/mol. The molecule has 1 aromatic rings. The molecule has 1 aromatic carbocycles. The largest absolute Gasteiger partial charge is 0.351 e. The maximum absolute atomic E-state index is 11.6. The van der Waals surface area contributed by atoms with E-state index in [1.54, 1.807) is 18.2 Å². The fourth-order valence-electron chi connectivity index (χ4n) is 1.21. The Hall–Kier alpha value is -1.11. The minimum Gasteiger partial charge on any atom is -0.351 e. The molecule has 0 aliphatic rings. The number of sulfonamides is 1. The summed E-state index contributed by atoms with van der Waals surface area (Å²) in [6.45, 7) is 1.82. The van der Waals surface area contributed by atoms with Crippen LogP contribution >= 0.6 is 11.6 Å². The van der Waals surface area contributed by atoms with Gasteiger partial charge in [0.15, 0.2) is 0 Å². The Bertz CT molecular complexity index is 528. The predicted octanol–water partition coefficient (Wildman–Crippen LogP) is 0.667. The van der Waals surface area contributed by atoms with Crippen molar-refractivity contribution < 1.29 is 13.2 Å². The summed E-state index contributed by atoms with van der Waals surface area (Å²) in [7, 11) is -3.57. The van der Waals surface area contributed by atoms with Crippen molar-refractivity contribution in [3.63, 3.8) is 0 Å². The summed E-state index contributed by atoms with van der Waals surface area (Å²) in [4.78, 5) is 11.6. The molecular weight excluding hydrogens is 264 g/mol. The Morgan fingerprint density at radius 2 is 2.12 bits per heavy atom. The monoisotopic (exact) mass is 276 g/mol. The summed E-state index contributed by atoms with van der Waals surface area (Å²) in [6.07, 6.45) is 0. The van der Waals surface area contributed by atoms with E-state index in [0.29, 0.717) is 10.6 Å². The normalized spacial score (nSPS) is 11.2. The van der Waals surface area contributed by atoms with Crippen LogP contribution in [0.4, 0.5) is 0 Å². The van der Waals surface area contributed by atoms with Gasteiger partial charge >= 0.3 is 0 Å². The van der Waals surface area contributed by atoms with Crippen LogP contribution in [-0.2, 0) is 10.0 Å². The summed E-state index contributed by atoms with van der Waals surface area (Å²) in [5.74, 6) is -0.721. The molecule has 1 amide bonds. The molecule has 0 saturated heterocycles. The summed E-state index contributed by atoms with van der Waals surface area (Å²) >= 11 is 5.89. The number of halogens is 1. The van der Waals surface area contributed by atoms with E-state index in [4.69, 9.17) is 16.7 Å². The standard InChI is InChI=1S/C10H13ClN2O3S/c1-7-2-3-8(9(11)6-7)10(14)13-4-5-17(12,15)16/h2-3,6H,4-5H2,1H3,(H,13,14)(H2,12,15,16). The zero-order valence-electron chi connectivity index (χ0n) is 9.23. The molecule has 1 rings (SSSR count). The van der Waals surface area contributed by atoms with Crippen molar-refractivity contribution in [1.29, 1.82) is 0 Å². The quantitative estimate of drug-likeness (QED) is 0.847. The molecule has 0 radical (unpaired) electrons. The Morgan fingerprint density at radius 3 is 2.65 bits per heavy atom. The maximum Gasteiger partial charge on any atom is 0.252 e. The highest BCUT2D eigenvalue weighted by atomic mass is 35.5. The number of carbonyl (C=O) groups excluding carboxylic acids is 1. The van der Waals surface area contributed by atoms with Gasteiger partial charge in [-0.2, -0.15) is 0 Å². The zero-order chi connectivity index (χ0) is 13.1. The number of aryl methyl sites for hydroxylation is 1. The van der Waals surface area contributed by atoms with Gasteiger partial charge in [0.1, 0.15) is 0 Å². The number of amides is 1. The van der Waals surface area contributed by atoms with Gasteiger partial charge in [-0.25, -0.2) is 13.6 Å². The number of hydrogen-bond acceptors (Lipinski definition) is 3. The molecule has 0 aliphatic carbocycles. The van der Waals surface area contributed by atoms with Gasteiger partial charge in [-0.05, 0) is 24.6 Å². The molecule has 0 heterocycles. The van der Waals surface area contributed by atoms with Gasteiger partial charge in [-0.3, -0.25) is 4.79 Å². The Balaban J connectivity index is 2.65. The van der Waals surface area contributed by atoms with Gasteiger partial charge in [-0.15, -0.1) is 0 Å². The molecule has 0 aromatic heterocycles. The second-order valence-electron chi connectivity index (χ2n) is 3.61. The third-order valence-corrected chi connectivity index (χ3v) is 3.13. The number of hydrogen-bond donors (Lipinski definition) is 2. The van der Waals surface area contributed by atoms with E-state index >= 15 is 0 Å². The third-order valence-electron chi connectivity index (χ3n) is 2.04. The average molecular weight is 277 g/mol. The Morgan fingerprint density at radius 1 is 1.47 bits per heavy atom. The van der Waals surface area contributed by atoms with Crippen LogP contribution in [0.1, 0.15) is 15.9 Å². The van der Waals surface area contributed by atoms with Crippen LogP contribution in [0.15, 0.2) is 18.2 Å². The highest BCUT2D eigenvalue weighted by Gasteiger charge is 2.10. The van der Waals surface area contributed by atoms with Gasteiger partial charge in [0.05, 0.1) is 16.3 Å². The number of nitrogens with one attached hydrogen (secondary N) is 1. The molecule has 3 N–H and O–H groups in total. The van der Waals surface area contributed by atoms with Crippen molar-refractivity contribution in [2.75, 3.05) is 12.3 Å². The van der Waals surface area contributed by atoms with Crippen molar-refractivity contribution in [3.05, 3.63) is 34.3 Å². The van der Waals surface area contributed by atoms with Crippen LogP contribution in [0, 0.1) is 6.92 Å². The Kier molecular flexibility index (Phi) is 4.50. The first-order chi connectivity index (χ1) is 7.79.